The molecule has 7 nitrogen and oxygen atoms in total. The van der Waals surface area contributed by atoms with Crippen molar-refractivity contribution in [2.45, 2.75) is 45.1 Å². The van der Waals surface area contributed by atoms with E-state index in [-0.39, 0.29) is 23.8 Å². The molecule has 1 saturated heterocycles. The summed E-state index contributed by atoms with van der Waals surface area (Å²) in [5, 5.41) is 2.97. The number of aromatic nitrogens is 1. The number of hydrogen-bond acceptors (Lipinski definition) is 5. The highest BCUT2D eigenvalue weighted by Gasteiger charge is 2.39. The van der Waals surface area contributed by atoms with E-state index in [0.717, 1.165) is 42.0 Å². The van der Waals surface area contributed by atoms with E-state index < -0.39 is 0 Å². The van der Waals surface area contributed by atoms with E-state index in [1.165, 1.54) is 6.92 Å². The maximum absolute atomic E-state index is 13.3. The number of rotatable bonds is 4. The quantitative estimate of drug-likeness (QED) is 0.875. The number of pyridine rings is 1. The van der Waals surface area contributed by atoms with Gasteiger partial charge in [-0.3, -0.25) is 9.59 Å². The number of carbonyl (C=O) groups excluding carboxylic acids is 2. The van der Waals surface area contributed by atoms with Crippen LogP contribution in [0.4, 0.5) is 0 Å². The van der Waals surface area contributed by atoms with Gasteiger partial charge in [-0.15, -0.1) is 0 Å². The van der Waals surface area contributed by atoms with Crippen LogP contribution < -0.4 is 10.1 Å². The lowest BCUT2D eigenvalue weighted by molar-refractivity contribution is -0.119. The van der Waals surface area contributed by atoms with E-state index in [1.54, 1.807) is 12.0 Å². The molecule has 0 radical (unpaired) electrons. The van der Waals surface area contributed by atoms with E-state index in [9.17, 15) is 9.59 Å². The zero-order valence-corrected chi connectivity index (χ0v) is 16.4. The number of furan rings is 1. The van der Waals surface area contributed by atoms with E-state index in [4.69, 9.17) is 9.15 Å². The van der Waals surface area contributed by atoms with Crippen molar-refractivity contribution in [2.24, 2.45) is 0 Å². The second-order valence-electron chi connectivity index (χ2n) is 7.58. The first-order chi connectivity index (χ1) is 13.5. The Morgan fingerprint density at radius 3 is 2.79 bits per heavy atom. The second kappa shape index (κ2) is 7.30. The van der Waals surface area contributed by atoms with Gasteiger partial charge in [-0.2, -0.15) is 0 Å². The molecule has 2 amide bonds. The van der Waals surface area contributed by atoms with Crippen molar-refractivity contribution < 1.29 is 18.7 Å². The lowest BCUT2D eigenvalue weighted by atomic mass is 10.0. The molecule has 2 unspecified atom stereocenters. The van der Waals surface area contributed by atoms with E-state index in [2.05, 4.69) is 10.3 Å². The summed E-state index contributed by atoms with van der Waals surface area (Å²) in [6.07, 6.45) is 2.92. The SMILES string of the molecule is COc1nc2c(cc1C(=O)N1CC(NC(C)=O)C(c3ccc(C)o3)C1)CCC2. The highest BCUT2D eigenvalue weighted by Crippen LogP contribution is 2.32. The second-order valence-corrected chi connectivity index (χ2v) is 7.58. The monoisotopic (exact) mass is 383 g/mol. The largest absolute Gasteiger partial charge is 0.480 e. The van der Waals surface area contributed by atoms with Crippen LogP contribution in [0.2, 0.25) is 0 Å². The normalized spacial score (nSPS) is 20.9. The van der Waals surface area contributed by atoms with Crippen molar-refractivity contribution in [3.8, 4) is 5.88 Å². The molecule has 28 heavy (non-hydrogen) atoms. The molecule has 1 aliphatic heterocycles. The maximum atomic E-state index is 13.3. The molecule has 7 heteroatoms. The minimum absolute atomic E-state index is 0.0880. The average Bonchev–Trinajstić information content (AvgIpc) is 3.38. The van der Waals surface area contributed by atoms with Crippen LogP contribution in [-0.4, -0.2) is 47.9 Å². The van der Waals surface area contributed by atoms with Crippen LogP contribution in [0.25, 0.3) is 0 Å². The number of likely N-dealkylation sites (tertiary alicyclic amines) is 1. The Kier molecular flexibility index (Phi) is 4.83. The number of hydrogen-bond donors (Lipinski definition) is 1. The third kappa shape index (κ3) is 3.37. The fraction of sp³-hybridized carbons (Fsp3) is 0.476. The van der Waals surface area contributed by atoms with Crippen molar-refractivity contribution in [2.75, 3.05) is 20.2 Å². The molecule has 2 aromatic rings. The first-order valence-corrected chi connectivity index (χ1v) is 9.65. The molecular formula is C21H25N3O4. The van der Waals surface area contributed by atoms with Crippen LogP contribution in [0.15, 0.2) is 22.6 Å². The summed E-state index contributed by atoms with van der Waals surface area (Å²) in [5.74, 6) is 1.63. The van der Waals surface area contributed by atoms with Gasteiger partial charge < -0.3 is 19.4 Å². The molecule has 2 aromatic heterocycles. The molecule has 2 atom stereocenters. The van der Waals surface area contributed by atoms with Crippen molar-refractivity contribution >= 4 is 11.8 Å². The predicted molar refractivity (Wildman–Crippen MR) is 103 cm³/mol. The minimum atomic E-state index is -0.194. The fourth-order valence-electron chi connectivity index (χ4n) is 4.25. The third-order valence-corrected chi connectivity index (χ3v) is 5.56. The van der Waals surface area contributed by atoms with Crippen molar-refractivity contribution in [3.05, 3.63) is 46.5 Å². The molecule has 0 saturated carbocycles. The van der Waals surface area contributed by atoms with Gasteiger partial charge in [0.25, 0.3) is 5.91 Å². The topological polar surface area (TPSA) is 84.7 Å². The molecule has 0 bridgehead atoms. The van der Waals surface area contributed by atoms with Gasteiger partial charge in [-0.1, -0.05) is 0 Å². The zero-order chi connectivity index (χ0) is 19.8. The van der Waals surface area contributed by atoms with Gasteiger partial charge in [-0.25, -0.2) is 4.98 Å². The Bertz CT molecular complexity index is 920. The molecule has 1 N–H and O–H groups in total. The average molecular weight is 383 g/mol. The first-order valence-electron chi connectivity index (χ1n) is 9.65. The molecule has 0 aromatic carbocycles. The molecule has 3 heterocycles. The molecule has 1 aliphatic carbocycles. The summed E-state index contributed by atoms with van der Waals surface area (Å²) in [4.78, 5) is 31.3. The van der Waals surface area contributed by atoms with Crippen molar-refractivity contribution in [1.82, 2.24) is 15.2 Å². The number of nitrogens with zero attached hydrogens (tertiary/aromatic N) is 2. The summed E-state index contributed by atoms with van der Waals surface area (Å²) in [5.41, 5.74) is 2.64. The maximum Gasteiger partial charge on any atom is 0.259 e. The molecule has 2 aliphatic rings. The fourth-order valence-corrected chi connectivity index (χ4v) is 4.25. The highest BCUT2D eigenvalue weighted by atomic mass is 16.5. The van der Waals surface area contributed by atoms with Gasteiger partial charge in [0.15, 0.2) is 0 Å². The zero-order valence-electron chi connectivity index (χ0n) is 16.4. The lowest BCUT2D eigenvalue weighted by Crippen LogP contribution is -2.39. The van der Waals surface area contributed by atoms with E-state index in [1.807, 2.05) is 25.1 Å². The molecule has 148 valence electrons. The van der Waals surface area contributed by atoms with Crippen LogP contribution >= 0.6 is 0 Å². The summed E-state index contributed by atoms with van der Waals surface area (Å²) >= 11 is 0. The van der Waals surface area contributed by atoms with Crippen LogP contribution in [-0.2, 0) is 17.6 Å². The molecular weight excluding hydrogens is 358 g/mol. The Balaban J connectivity index is 1.62. The smallest absolute Gasteiger partial charge is 0.259 e. The Labute approximate surface area is 164 Å². The van der Waals surface area contributed by atoms with Crippen molar-refractivity contribution in [3.63, 3.8) is 0 Å². The van der Waals surface area contributed by atoms with Gasteiger partial charge in [0.1, 0.15) is 17.1 Å². The number of nitrogens with one attached hydrogen (secondary N) is 1. The number of amides is 2. The Morgan fingerprint density at radius 1 is 1.29 bits per heavy atom. The summed E-state index contributed by atoms with van der Waals surface area (Å²) < 4.78 is 11.2. The summed E-state index contributed by atoms with van der Waals surface area (Å²) in [6, 6.07) is 5.55. The highest BCUT2D eigenvalue weighted by molar-refractivity contribution is 5.97. The van der Waals surface area contributed by atoms with Gasteiger partial charge in [0.05, 0.1) is 19.1 Å². The molecule has 4 rings (SSSR count). The lowest BCUT2D eigenvalue weighted by Gasteiger charge is -2.18. The van der Waals surface area contributed by atoms with Gasteiger partial charge in [-0.05, 0) is 49.9 Å². The number of ether oxygens (including phenoxy) is 1. The third-order valence-electron chi connectivity index (χ3n) is 5.56. The minimum Gasteiger partial charge on any atom is -0.480 e. The van der Waals surface area contributed by atoms with Crippen LogP contribution in [0.5, 0.6) is 5.88 Å². The number of fused-ring (bicyclic) bond motifs is 1. The summed E-state index contributed by atoms with van der Waals surface area (Å²) in [7, 11) is 1.54. The van der Waals surface area contributed by atoms with Gasteiger partial charge in [0, 0.05) is 25.7 Å². The van der Waals surface area contributed by atoms with Gasteiger partial charge in [0.2, 0.25) is 11.8 Å². The standard InChI is InChI=1S/C21H25N3O4/c1-12-7-8-19(28-12)16-10-24(11-18(16)22-13(2)25)21(26)15-9-14-5-4-6-17(14)23-20(15)27-3/h7-9,16,18H,4-6,10-11H2,1-3H3,(H,22,25). The number of methoxy groups -OCH3 is 1. The number of carbonyl (C=O) groups is 2. The first kappa shape index (κ1) is 18.5. The predicted octanol–water partition coefficient (Wildman–Crippen LogP) is 2.22. The molecule has 0 spiro atoms. The van der Waals surface area contributed by atoms with Crippen LogP contribution in [0, 0.1) is 6.92 Å². The van der Waals surface area contributed by atoms with E-state index >= 15 is 0 Å². The van der Waals surface area contributed by atoms with Crippen LogP contribution in [0.3, 0.4) is 0 Å². The summed E-state index contributed by atoms with van der Waals surface area (Å²) in [6.45, 7) is 4.26. The Morgan fingerprint density at radius 2 is 2.11 bits per heavy atom. The van der Waals surface area contributed by atoms with Crippen LogP contribution in [0.1, 0.15) is 52.4 Å². The van der Waals surface area contributed by atoms with Crippen molar-refractivity contribution in [1.29, 1.82) is 0 Å². The molecule has 1 fully saturated rings. The van der Waals surface area contributed by atoms with Gasteiger partial charge >= 0.3 is 0 Å². The number of aryl methyl sites for hydroxylation is 3. The Hall–Kier alpha value is -2.83. The van der Waals surface area contributed by atoms with E-state index in [0.29, 0.717) is 24.5 Å².